The van der Waals surface area contributed by atoms with Crippen molar-refractivity contribution in [3.8, 4) is 11.5 Å². The average Bonchev–Trinajstić information content (AvgIpc) is 3.15. The summed E-state index contributed by atoms with van der Waals surface area (Å²) in [4.78, 5) is 20.4. The Bertz CT molecular complexity index is 1260. The van der Waals surface area contributed by atoms with Gasteiger partial charge < -0.3 is 9.47 Å². The molecule has 3 aromatic carbocycles. The summed E-state index contributed by atoms with van der Waals surface area (Å²) in [6.07, 6.45) is 2.74. The van der Waals surface area contributed by atoms with Gasteiger partial charge in [0.05, 0.1) is 29.5 Å². The lowest BCUT2D eigenvalue weighted by molar-refractivity contribution is -0.113. The van der Waals surface area contributed by atoms with Crippen molar-refractivity contribution < 1.29 is 14.3 Å². The van der Waals surface area contributed by atoms with Crippen LogP contribution in [0.4, 0.5) is 11.4 Å². The van der Waals surface area contributed by atoms with E-state index >= 15 is 0 Å². The lowest BCUT2D eigenvalue weighted by Gasteiger charge is -2.15. The fourth-order valence-electron chi connectivity index (χ4n) is 3.36. The zero-order chi connectivity index (χ0) is 24.8. The highest BCUT2D eigenvalue weighted by Gasteiger charge is 2.34. The van der Waals surface area contributed by atoms with Crippen LogP contribution in [0.2, 0.25) is 10.0 Å². The Kier molecular flexibility index (Phi) is 8.39. The molecule has 180 valence electrons. The maximum atomic E-state index is 13.5. The molecule has 0 atom stereocenters. The van der Waals surface area contributed by atoms with Gasteiger partial charge in [-0.1, -0.05) is 36.2 Å². The summed E-state index contributed by atoms with van der Waals surface area (Å²) >= 11 is 13.4. The van der Waals surface area contributed by atoms with E-state index in [2.05, 4.69) is 6.92 Å². The van der Waals surface area contributed by atoms with Crippen molar-refractivity contribution in [3.63, 3.8) is 0 Å². The Morgan fingerprint density at radius 1 is 0.914 bits per heavy atom. The number of nitrogens with zero attached hydrogens (tertiary/aromatic N) is 2. The van der Waals surface area contributed by atoms with Crippen molar-refractivity contribution in [2.24, 2.45) is 4.99 Å². The number of halogens is 2. The number of carbonyl (C=O) groups is 1. The van der Waals surface area contributed by atoms with Crippen molar-refractivity contribution in [2.75, 3.05) is 18.1 Å². The second kappa shape index (κ2) is 11.7. The van der Waals surface area contributed by atoms with E-state index < -0.39 is 0 Å². The van der Waals surface area contributed by atoms with Gasteiger partial charge in [-0.05, 0) is 97.4 Å². The third-order valence-electron chi connectivity index (χ3n) is 4.97. The summed E-state index contributed by atoms with van der Waals surface area (Å²) in [6.45, 7) is 5.10. The van der Waals surface area contributed by atoms with Crippen LogP contribution in [0.15, 0.2) is 76.6 Å². The summed E-state index contributed by atoms with van der Waals surface area (Å²) in [5, 5.41) is 1.75. The number of hydrogen-bond acceptors (Lipinski definition) is 5. The number of anilines is 1. The first-order chi connectivity index (χ1) is 17.0. The van der Waals surface area contributed by atoms with E-state index in [4.69, 9.17) is 37.7 Å². The van der Waals surface area contributed by atoms with Gasteiger partial charge in [0.2, 0.25) is 0 Å². The molecule has 4 rings (SSSR count). The maximum absolute atomic E-state index is 13.5. The van der Waals surface area contributed by atoms with E-state index in [0.717, 1.165) is 12.0 Å². The van der Waals surface area contributed by atoms with Gasteiger partial charge in [-0.25, -0.2) is 4.99 Å². The molecule has 0 N–H and O–H groups in total. The highest BCUT2D eigenvalue weighted by molar-refractivity contribution is 8.19. The third-order valence-corrected chi connectivity index (χ3v) is 6.44. The molecule has 8 heteroatoms. The number of rotatable bonds is 8. The number of carbonyl (C=O) groups excluding carboxylic acids is 1. The number of benzene rings is 3. The first-order valence-corrected chi connectivity index (χ1v) is 12.8. The fourth-order valence-corrected chi connectivity index (χ4v) is 4.61. The van der Waals surface area contributed by atoms with E-state index in [0.29, 0.717) is 56.2 Å². The predicted molar refractivity (Wildman–Crippen MR) is 146 cm³/mol. The summed E-state index contributed by atoms with van der Waals surface area (Å²) in [5.41, 5.74) is 2.21. The summed E-state index contributed by atoms with van der Waals surface area (Å²) in [6, 6.07) is 19.9. The molecule has 1 aliphatic heterocycles. The number of ether oxygens (including phenoxy) is 2. The Balaban J connectivity index is 1.71. The minimum Gasteiger partial charge on any atom is -0.490 e. The molecule has 1 aliphatic rings. The number of thioether (sulfide) groups is 1. The van der Waals surface area contributed by atoms with Crippen molar-refractivity contribution >= 4 is 63.5 Å². The van der Waals surface area contributed by atoms with Crippen molar-refractivity contribution in [1.29, 1.82) is 0 Å². The van der Waals surface area contributed by atoms with Crippen LogP contribution in [-0.4, -0.2) is 24.3 Å². The van der Waals surface area contributed by atoms with E-state index in [1.54, 1.807) is 41.3 Å². The molecule has 1 fully saturated rings. The Hall–Kier alpha value is -2.93. The normalized spacial score (nSPS) is 15.8. The van der Waals surface area contributed by atoms with Gasteiger partial charge in [0.1, 0.15) is 0 Å². The van der Waals surface area contributed by atoms with Crippen LogP contribution in [-0.2, 0) is 4.79 Å². The van der Waals surface area contributed by atoms with Gasteiger partial charge in [0.15, 0.2) is 16.7 Å². The Morgan fingerprint density at radius 2 is 1.60 bits per heavy atom. The van der Waals surface area contributed by atoms with E-state index in [1.165, 1.54) is 11.8 Å². The zero-order valence-corrected chi connectivity index (χ0v) is 21.7. The minimum absolute atomic E-state index is 0.172. The molecular formula is C27H24Cl2N2O3S. The van der Waals surface area contributed by atoms with Gasteiger partial charge in [-0.3, -0.25) is 9.69 Å². The zero-order valence-electron chi connectivity index (χ0n) is 19.3. The topological polar surface area (TPSA) is 51.1 Å². The molecule has 1 saturated heterocycles. The van der Waals surface area contributed by atoms with Crippen LogP contribution in [0.25, 0.3) is 6.08 Å². The number of hydrogen-bond donors (Lipinski definition) is 0. The molecular weight excluding hydrogens is 503 g/mol. The molecule has 3 aromatic rings. The standard InChI is InChI=1S/C27H24Cl2N2O3S/c1-3-15-34-23-14-5-18(16-24(23)33-4-2)17-25-26(32)31(22-12-8-20(29)9-13-22)27(35-25)30-21-10-6-19(28)7-11-21/h5-14,16-17H,3-4,15H2,1-2H3/b25-17-,30-27?. The molecule has 0 spiro atoms. The summed E-state index contributed by atoms with van der Waals surface area (Å²) in [5.74, 6) is 1.17. The molecule has 0 saturated carbocycles. The Labute approximate surface area is 219 Å². The van der Waals surface area contributed by atoms with Crippen LogP contribution in [0.5, 0.6) is 11.5 Å². The molecule has 0 aromatic heterocycles. The first-order valence-electron chi connectivity index (χ1n) is 11.2. The summed E-state index contributed by atoms with van der Waals surface area (Å²) in [7, 11) is 0. The molecule has 35 heavy (non-hydrogen) atoms. The smallest absolute Gasteiger partial charge is 0.271 e. The van der Waals surface area contributed by atoms with Crippen LogP contribution in [0, 0.1) is 0 Å². The molecule has 1 amide bonds. The molecule has 1 heterocycles. The van der Waals surface area contributed by atoms with E-state index in [-0.39, 0.29) is 5.91 Å². The monoisotopic (exact) mass is 526 g/mol. The first kappa shape index (κ1) is 25.2. The van der Waals surface area contributed by atoms with E-state index in [1.807, 2.05) is 43.3 Å². The SMILES string of the molecule is CCCOc1ccc(/C=C2\SC(=Nc3ccc(Cl)cc3)N(c3ccc(Cl)cc3)C2=O)cc1OCC. The van der Waals surface area contributed by atoms with Gasteiger partial charge in [-0.15, -0.1) is 0 Å². The molecule has 0 radical (unpaired) electrons. The lowest BCUT2D eigenvalue weighted by atomic mass is 10.1. The fraction of sp³-hybridized carbons (Fsp3) is 0.185. The Morgan fingerprint density at radius 3 is 2.26 bits per heavy atom. The van der Waals surface area contributed by atoms with Gasteiger partial charge in [0, 0.05) is 10.0 Å². The maximum Gasteiger partial charge on any atom is 0.271 e. The summed E-state index contributed by atoms with van der Waals surface area (Å²) < 4.78 is 11.6. The average molecular weight is 527 g/mol. The van der Waals surface area contributed by atoms with Crippen molar-refractivity contribution in [3.05, 3.63) is 87.2 Å². The van der Waals surface area contributed by atoms with Crippen LogP contribution >= 0.6 is 35.0 Å². The second-order valence-electron chi connectivity index (χ2n) is 7.59. The molecule has 5 nitrogen and oxygen atoms in total. The second-order valence-corrected chi connectivity index (χ2v) is 9.47. The minimum atomic E-state index is -0.172. The van der Waals surface area contributed by atoms with Crippen LogP contribution in [0.3, 0.4) is 0 Å². The highest BCUT2D eigenvalue weighted by Crippen LogP contribution is 2.38. The van der Waals surface area contributed by atoms with Crippen molar-refractivity contribution in [1.82, 2.24) is 0 Å². The molecule has 0 aliphatic carbocycles. The third kappa shape index (κ3) is 6.20. The van der Waals surface area contributed by atoms with Crippen molar-refractivity contribution in [2.45, 2.75) is 20.3 Å². The largest absolute Gasteiger partial charge is 0.490 e. The number of aliphatic imine (C=N–C) groups is 1. The van der Waals surface area contributed by atoms with Gasteiger partial charge >= 0.3 is 0 Å². The predicted octanol–water partition coefficient (Wildman–Crippen LogP) is 7.99. The highest BCUT2D eigenvalue weighted by atomic mass is 35.5. The molecule has 0 bridgehead atoms. The number of amides is 1. The van der Waals surface area contributed by atoms with Gasteiger partial charge in [-0.2, -0.15) is 0 Å². The number of amidine groups is 1. The lowest BCUT2D eigenvalue weighted by Crippen LogP contribution is -2.28. The van der Waals surface area contributed by atoms with Crippen LogP contribution < -0.4 is 14.4 Å². The van der Waals surface area contributed by atoms with E-state index in [9.17, 15) is 4.79 Å². The van der Waals surface area contributed by atoms with Gasteiger partial charge in [0.25, 0.3) is 5.91 Å². The molecule has 0 unspecified atom stereocenters. The van der Waals surface area contributed by atoms with Crippen LogP contribution in [0.1, 0.15) is 25.8 Å². The quantitative estimate of drug-likeness (QED) is 0.279.